The van der Waals surface area contributed by atoms with E-state index >= 15 is 0 Å². The fraction of sp³-hybridized carbons (Fsp3) is 0.538. The monoisotopic (exact) mass is 266 g/mol. The summed E-state index contributed by atoms with van der Waals surface area (Å²) in [6.07, 6.45) is 1.46. The van der Waals surface area contributed by atoms with Gasteiger partial charge < -0.3 is 18.5 Å². The van der Waals surface area contributed by atoms with E-state index in [0.29, 0.717) is 26.2 Å². The Kier molecular flexibility index (Phi) is 5.11. The molecule has 104 valence electrons. The first-order chi connectivity index (χ1) is 9.28. The average Bonchev–Trinajstić information content (AvgIpc) is 2.99. The van der Waals surface area contributed by atoms with Crippen LogP contribution in [-0.2, 0) is 28.9 Å². The molecule has 0 saturated carbocycles. The van der Waals surface area contributed by atoms with Crippen LogP contribution in [0.15, 0.2) is 21.2 Å². The van der Waals surface area contributed by atoms with Crippen LogP contribution in [0.1, 0.15) is 22.9 Å². The number of methoxy groups -OCH3 is 1. The third kappa shape index (κ3) is 4.50. The second kappa shape index (κ2) is 7.06. The minimum atomic E-state index is 0.468. The molecule has 0 aromatic carbocycles. The fourth-order valence-corrected chi connectivity index (χ4v) is 1.68. The lowest BCUT2D eigenvalue weighted by atomic mass is 10.3. The Morgan fingerprint density at radius 3 is 2.58 bits per heavy atom. The van der Waals surface area contributed by atoms with Crippen molar-refractivity contribution >= 4 is 0 Å². The van der Waals surface area contributed by atoms with Crippen molar-refractivity contribution in [3.8, 4) is 0 Å². The van der Waals surface area contributed by atoms with Gasteiger partial charge in [0.25, 0.3) is 0 Å². The zero-order valence-electron chi connectivity index (χ0n) is 11.2. The molecule has 0 atom stereocenters. The molecule has 0 saturated heterocycles. The van der Waals surface area contributed by atoms with E-state index in [4.69, 9.17) is 18.5 Å². The molecule has 2 heterocycles. The zero-order valence-corrected chi connectivity index (χ0v) is 11.2. The van der Waals surface area contributed by atoms with Crippen molar-refractivity contribution in [2.75, 3.05) is 20.3 Å². The lowest BCUT2D eigenvalue weighted by Crippen LogP contribution is -2.02. The van der Waals surface area contributed by atoms with Gasteiger partial charge in [-0.2, -0.15) is 0 Å². The summed E-state index contributed by atoms with van der Waals surface area (Å²) in [5.74, 6) is 1.63. The molecule has 2 rings (SSSR count). The van der Waals surface area contributed by atoms with E-state index in [2.05, 4.69) is 10.3 Å². The number of aromatic nitrogens is 2. The van der Waals surface area contributed by atoms with E-state index in [9.17, 15) is 0 Å². The predicted molar refractivity (Wildman–Crippen MR) is 66.7 cm³/mol. The molecular formula is C13H18N2O4. The molecule has 2 aromatic rings. The van der Waals surface area contributed by atoms with Crippen molar-refractivity contribution in [1.82, 2.24) is 10.3 Å². The average molecular weight is 266 g/mol. The van der Waals surface area contributed by atoms with E-state index in [0.717, 1.165) is 29.3 Å². The van der Waals surface area contributed by atoms with Crippen molar-refractivity contribution in [3.05, 3.63) is 35.0 Å². The molecule has 0 aliphatic carbocycles. The van der Waals surface area contributed by atoms with Crippen LogP contribution in [-0.4, -0.2) is 30.6 Å². The largest absolute Gasteiger partial charge is 0.381 e. The SMILES string of the molecule is COCc1cc(CCOCCc2cc(C)on2)on1. The van der Waals surface area contributed by atoms with Crippen LogP contribution in [0.5, 0.6) is 0 Å². The molecule has 0 radical (unpaired) electrons. The van der Waals surface area contributed by atoms with Gasteiger partial charge in [0.1, 0.15) is 17.2 Å². The molecule has 0 aliphatic rings. The highest BCUT2D eigenvalue weighted by atomic mass is 16.5. The van der Waals surface area contributed by atoms with Crippen molar-refractivity contribution in [2.24, 2.45) is 0 Å². The molecule has 0 amide bonds. The minimum Gasteiger partial charge on any atom is -0.381 e. The Balaban J connectivity index is 1.61. The van der Waals surface area contributed by atoms with E-state index in [1.807, 2.05) is 19.1 Å². The lowest BCUT2D eigenvalue weighted by molar-refractivity contribution is 0.133. The number of rotatable bonds is 8. The molecular weight excluding hydrogens is 248 g/mol. The van der Waals surface area contributed by atoms with E-state index in [-0.39, 0.29) is 0 Å². The van der Waals surface area contributed by atoms with E-state index in [1.54, 1.807) is 7.11 Å². The molecule has 0 aliphatic heterocycles. The van der Waals surface area contributed by atoms with Crippen LogP contribution >= 0.6 is 0 Å². The third-order valence-corrected chi connectivity index (χ3v) is 2.57. The summed E-state index contributed by atoms with van der Waals surface area (Å²) < 4.78 is 20.6. The van der Waals surface area contributed by atoms with E-state index in [1.165, 1.54) is 0 Å². The third-order valence-electron chi connectivity index (χ3n) is 2.57. The number of nitrogens with zero attached hydrogens (tertiary/aromatic N) is 2. The molecule has 2 aromatic heterocycles. The van der Waals surface area contributed by atoms with E-state index < -0.39 is 0 Å². The summed E-state index contributed by atoms with van der Waals surface area (Å²) in [6.45, 7) is 3.55. The Hall–Kier alpha value is -1.66. The lowest BCUT2D eigenvalue weighted by Gasteiger charge is -1.99. The van der Waals surface area contributed by atoms with Crippen LogP contribution in [0.4, 0.5) is 0 Å². The highest BCUT2D eigenvalue weighted by molar-refractivity contribution is 5.04. The Morgan fingerprint density at radius 1 is 1.05 bits per heavy atom. The molecule has 0 spiro atoms. The molecule has 6 heteroatoms. The van der Waals surface area contributed by atoms with Crippen LogP contribution < -0.4 is 0 Å². The van der Waals surface area contributed by atoms with Gasteiger partial charge in [-0.15, -0.1) is 0 Å². The summed E-state index contributed by atoms with van der Waals surface area (Å²) >= 11 is 0. The second-order valence-electron chi connectivity index (χ2n) is 4.26. The van der Waals surface area contributed by atoms with Gasteiger partial charge in [0.05, 0.1) is 25.5 Å². The Labute approximate surface area is 111 Å². The molecule has 0 bridgehead atoms. The van der Waals surface area contributed by atoms with Crippen molar-refractivity contribution < 1.29 is 18.5 Å². The fourth-order valence-electron chi connectivity index (χ4n) is 1.68. The summed E-state index contributed by atoms with van der Waals surface area (Å²) in [5.41, 5.74) is 1.72. The van der Waals surface area contributed by atoms with Gasteiger partial charge in [0.2, 0.25) is 0 Å². The summed E-state index contributed by atoms with van der Waals surface area (Å²) in [6, 6.07) is 3.80. The van der Waals surface area contributed by atoms with Gasteiger partial charge >= 0.3 is 0 Å². The quantitative estimate of drug-likeness (QED) is 0.680. The molecule has 0 unspecified atom stereocenters. The highest BCUT2D eigenvalue weighted by Crippen LogP contribution is 2.06. The summed E-state index contributed by atoms with van der Waals surface area (Å²) in [4.78, 5) is 0. The van der Waals surface area contributed by atoms with Crippen molar-refractivity contribution in [2.45, 2.75) is 26.4 Å². The smallest absolute Gasteiger partial charge is 0.139 e. The highest BCUT2D eigenvalue weighted by Gasteiger charge is 2.04. The van der Waals surface area contributed by atoms with Crippen molar-refractivity contribution in [3.63, 3.8) is 0 Å². The molecule has 19 heavy (non-hydrogen) atoms. The van der Waals surface area contributed by atoms with Crippen LogP contribution in [0.25, 0.3) is 0 Å². The topological polar surface area (TPSA) is 70.5 Å². The standard InChI is InChI=1S/C13H18N2O4/c1-10-7-11(14-18-10)3-5-17-6-4-13-8-12(9-16-2)15-19-13/h7-8H,3-6,9H2,1-2H3. The first-order valence-corrected chi connectivity index (χ1v) is 6.21. The maximum atomic E-state index is 5.52. The van der Waals surface area contributed by atoms with Gasteiger partial charge in [-0.05, 0) is 6.92 Å². The van der Waals surface area contributed by atoms with Gasteiger partial charge in [-0.1, -0.05) is 10.3 Å². The van der Waals surface area contributed by atoms with Gasteiger partial charge in [-0.3, -0.25) is 0 Å². The normalized spacial score (nSPS) is 11.1. The van der Waals surface area contributed by atoms with Crippen LogP contribution in [0.2, 0.25) is 0 Å². The maximum absolute atomic E-state index is 5.52. The number of hydrogen-bond donors (Lipinski definition) is 0. The van der Waals surface area contributed by atoms with Gasteiger partial charge in [0, 0.05) is 32.1 Å². The van der Waals surface area contributed by atoms with Crippen LogP contribution in [0.3, 0.4) is 0 Å². The van der Waals surface area contributed by atoms with Crippen molar-refractivity contribution in [1.29, 1.82) is 0 Å². The van der Waals surface area contributed by atoms with Crippen LogP contribution in [0, 0.1) is 6.92 Å². The molecule has 6 nitrogen and oxygen atoms in total. The summed E-state index contributed by atoms with van der Waals surface area (Å²) in [7, 11) is 1.63. The number of ether oxygens (including phenoxy) is 2. The zero-order chi connectivity index (χ0) is 13.5. The Bertz CT molecular complexity index is 492. The predicted octanol–water partition coefficient (Wildman–Crippen LogP) is 1.92. The second-order valence-corrected chi connectivity index (χ2v) is 4.26. The molecule has 0 N–H and O–H groups in total. The first kappa shape index (κ1) is 13.8. The van der Waals surface area contributed by atoms with Gasteiger partial charge in [0.15, 0.2) is 0 Å². The first-order valence-electron chi connectivity index (χ1n) is 6.21. The Morgan fingerprint density at radius 2 is 1.84 bits per heavy atom. The summed E-state index contributed by atoms with van der Waals surface area (Å²) in [5, 5.41) is 7.78. The number of aryl methyl sites for hydroxylation is 1. The number of hydrogen-bond acceptors (Lipinski definition) is 6. The minimum absolute atomic E-state index is 0.468. The van der Waals surface area contributed by atoms with Gasteiger partial charge in [-0.25, -0.2) is 0 Å². The maximum Gasteiger partial charge on any atom is 0.139 e. The molecule has 0 fully saturated rings.